The molecule has 0 spiro atoms. The number of likely N-dealkylation sites (N-methyl/N-ethyl adjacent to an activating group) is 1. The van der Waals surface area contributed by atoms with Crippen molar-refractivity contribution < 1.29 is 19.2 Å². The van der Waals surface area contributed by atoms with Gasteiger partial charge in [-0.2, -0.15) is 0 Å². The van der Waals surface area contributed by atoms with Crippen molar-refractivity contribution in [2.75, 3.05) is 13.6 Å². The monoisotopic (exact) mass is 185 g/mol. The molecule has 0 unspecified atom stereocenters. The van der Waals surface area contributed by atoms with E-state index in [0.717, 1.165) is 0 Å². The van der Waals surface area contributed by atoms with Crippen molar-refractivity contribution in [2.24, 2.45) is 0 Å². The Hall–Kier alpha value is -1.92. The van der Waals surface area contributed by atoms with Crippen molar-refractivity contribution in [1.82, 2.24) is 15.5 Å². The molecule has 0 aliphatic carbocycles. The van der Waals surface area contributed by atoms with E-state index in [0.29, 0.717) is 4.90 Å². The minimum Gasteiger partial charge on any atom is -0.358 e. The Kier molecular flexibility index (Phi) is 2.27. The van der Waals surface area contributed by atoms with Crippen LogP contribution in [0.3, 0.4) is 0 Å². The lowest BCUT2D eigenvalue weighted by molar-refractivity contribution is -0.141. The molecular weight excluding hydrogens is 178 g/mol. The molecule has 5 amide bonds. The number of nitrogens with one attached hydrogen (secondary N) is 2. The van der Waals surface area contributed by atoms with Crippen molar-refractivity contribution in [1.29, 1.82) is 0 Å². The van der Waals surface area contributed by atoms with Crippen LogP contribution < -0.4 is 10.6 Å². The normalized spacial score (nSPS) is 16.1. The minimum absolute atomic E-state index is 0.438. The summed E-state index contributed by atoms with van der Waals surface area (Å²) in [4.78, 5) is 43.6. The molecule has 0 aromatic carbocycles. The molecule has 0 bridgehead atoms. The third kappa shape index (κ3) is 1.63. The highest BCUT2D eigenvalue weighted by Crippen LogP contribution is 1.98. The Morgan fingerprint density at radius 1 is 1.46 bits per heavy atom. The van der Waals surface area contributed by atoms with Crippen LogP contribution in [0.5, 0.6) is 0 Å². The zero-order chi connectivity index (χ0) is 10.0. The van der Waals surface area contributed by atoms with E-state index in [2.05, 4.69) is 5.32 Å². The molecule has 1 saturated heterocycles. The van der Waals surface area contributed by atoms with E-state index < -0.39 is 30.3 Å². The summed E-state index contributed by atoms with van der Waals surface area (Å²) in [6.45, 7) is -0.438. The van der Waals surface area contributed by atoms with Crippen LogP contribution >= 0.6 is 0 Å². The van der Waals surface area contributed by atoms with Gasteiger partial charge in [0.1, 0.15) is 6.54 Å². The van der Waals surface area contributed by atoms with Crippen LogP contribution in [0.1, 0.15) is 0 Å². The number of carbonyl (C=O) groups excluding carboxylic acids is 4. The van der Waals surface area contributed by atoms with E-state index in [4.69, 9.17) is 0 Å². The fraction of sp³-hybridized carbons (Fsp3) is 0.333. The maximum absolute atomic E-state index is 10.9. The Labute approximate surface area is 73.1 Å². The topological polar surface area (TPSA) is 95.6 Å². The number of urea groups is 1. The predicted octanol–water partition coefficient (Wildman–Crippen LogP) is -2.19. The number of imide groups is 2. The van der Waals surface area contributed by atoms with Crippen LogP contribution in [0.15, 0.2) is 0 Å². The summed E-state index contributed by atoms with van der Waals surface area (Å²) in [5, 5.41) is 3.99. The maximum Gasteiger partial charge on any atom is 0.332 e. The van der Waals surface area contributed by atoms with Crippen molar-refractivity contribution in [3.05, 3.63) is 0 Å². The smallest absolute Gasteiger partial charge is 0.332 e. The van der Waals surface area contributed by atoms with E-state index in [-0.39, 0.29) is 0 Å². The highest BCUT2D eigenvalue weighted by atomic mass is 16.2. The summed E-state index contributed by atoms with van der Waals surface area (Å²) < 4.78 is 0. The van der Waals surface area contributed by atoms with Crippen molar-refractivity contribution in [3.63, 3.8) is 0 Å². The Bertz CT molecular complexity index is 298. The Morgan fingerprint density at radius 3 is 2.46 bits per heavy atom. The molecular formula is C6H7N3O4. The van der Waals surface area contributed by atoms with E-state index in [1.165, 1.54) is 7.05 Å². The van der Waals surface area contributed by atoms with Gasteiger partial charge in [0, 0.05) is 7.05 Å². The molecule has 1 aliphatic heterocycles. The first-order valence-corrected chi connectivity index (χ1v) is 3.43. The van der Waals surface area contributed by atoms with E-state index >= 15 is 0 Å². The van der Waals surface area contributed by atoms with Gasteiger partial charge in [-0.25, -0.2) is 9.69 Å². The van der Waals surface area contributed by atoms with Gasteiger partial charge in [0.25, 0.3) is 0 Å². The molecule has 0 saturated carbocycles. The molecule has 1 rings (SSSR count). The van der Waals surface area contributed by atoms with Crippen LogP contribution in [0.4, 0.5) is 4.79 Å². The molecule has 2 N–H and O–H groups in total. The highest BCUT2D eigenvalue weighted by molar-refractivity contribution is 6.45. The second kappa shape index (κ2) is 3.21. The molecule has 70 valence electrons. The number of nitrogens with zero attached hydrogens (tertiary/aromatic N) is 1. The molecule has 0 atom stereocenters. The summed E-state index contributed by atoms with van der Waals surface area (Å²) >= 11 is 0. The summed E-state index contributed by atoms with van der Waals surface area (Å²) in [7, 11) is 1.36. The lowest BCUT2D eigenvalue weighted by Crippen LogP contribution is -2.39. The highest BCUT2D eigenvalue weighted by Gasteiger charge is 2.37. The average molecular weight is 185 g/mol. The fourth-order valence-electron chi connectivity index (χ4n) is 0.799. The maximum atomic E-state index is 10.9. The molecule has 0 aromatic rings. The molecule has 1 fully saturated rings. The van der Waals surface area contributed by atoms with Crippen molar-refractivity contribution in [2.45, 2.75) is 0 Å². The largest absolute Gasteiger partial charge is 0.358 e. The van der Waals surface area contributed by atoms with Crippen LogP contribution in [0.2, 0.25) is 0 Å². The summed E-state index contributed by atoms with van der Waals surface area (Å²) in [6.07, 6.45) is 0. The van der Waals surface area contributed by atoms with Crippen LogP contribution in [0, 0.1) is 0 Å². The lowest BCUT2D eigenvalue weighted by Gasteiger charge is -2.08. The minimum atomic E-state index is -1.01. The van der Waals surface area contributed by atoms with Gasteiger partial charge in [-0.15, -0.1) is 0 Å². The third-order valence-corrected chi connectivity index (χ3v) is 1.49. The summed E-state index contributed by atoms with van der Waals surface area (Å²) in [6, 6.07) is -0.862. The lowest BCUT2D eigenvalue weighted by atomic mass is 10.5. The second-order valence-corrected chi connectivity index (χ2v) is 2.32. The Balaban J connectivity index is 2.70. The number of rotatable bonds is 2. The first-order valence-electron chi connectivity index (χ1n) is 3.43. The SMILES string of the molecule is CNC(=O)CN1C(=O)NC(=O)C1=O. The van der Waals surface area contributed by atoms with Gasteiger partial charge in [0.05, 0.1) is 0 Å². The van der Waals surface area contributed by atoms with Gasteiger partial charge in [0.15, 0.2) is 0 Å². The zero-order valence-corrected chi connectivity index (χ0v) is 6.79. The average Bonchev–Trinajstić information content (AvgIpc) is 2.32. The molecule has 7 nitrogen and oxygen atoms in total. The molecule has 13 heavy (non-hydrogen) atoms. The first-order chi connectivity index (χ1) is 6.06. The van der Waals surface area contributed by atoms with Gasteiger partial charge in [-0.05, 0) is 0 Å². The third-order valence-electron chi connectivity index (χ3n) is 1.49. The predicted molar refractivity (Wildman–Crippen MR) is 39.3 cm³/mol. The van der Waals surface area contributed by atoms with Crippen LogP contribution in [0.25, 0.3) is 0 Å². The van der Waals surface area contributed by atoms with Gasteiger partial charge in [-0.3, -0.25) is 19.7 Å². The number of amides is 5. The number of carbonyl (C=O) groups is 4. The molecule has 7 heteroatoms. The van der Waals surface area contributed by atoms with Crippen molar-refractivity contribution in [3.8, 4) is 0 Å². The Morgan fingerprint density at radius 2 is 2.08 bits per heavy atom. The van der Waals surface area contributed by atoms with E-state index in [1.54, 1.807) is 5.32 Å². The second-order valence-electron chi connectivity index (χ2n) is 2.32. The first kappa shape index (κ1) is 9.17. The standard InChI is InChI=1S/C6H7N3O4/c1-7-3(10)2-9-5(12)4(11)8-6(9)13/h2H2,1H3,(H,7,10)(H,8,11,13). The van der Waals surface area contributed by atoms with Gasteiger partial charge >= 0.3 is 17.8 Å². The van der Waals surface area contributed by atoms with Crippen LogP contribution in [-0.2, 0) is 14.4 Å². The van der Waals surface area contributed by atoms with Gasteiger partial charge in [-0.1, -0.05) is 0 Å². The van der Waals surface area contributed by atoms with Crippen LogP contribution in [-0.4, -0.2) is 42.2 Å². The van der Waals surface area contributed by atoms with Gasteiger partial charge in [0.2, 0.25) is 5.91 Å². The number of hydrogen-bond donors (Lipinski definition) is 2. The quantitative estimate of drug-likeness (QED) is 0.377. The molecule has 0 aromatic heterocycles. The van der Waals surface area contributed by atoms with E-state index in [1.807, 2.05) is 0 Å². The van der Waals surface area contributed by atoms with Gasteiger partial charge < -0.3 is 5.32 Å². The van der Waals surface area contributed by atoms with E-state index in [9.17, 15) is 19.2 Å². The zero-order valence-electron chi connectivity index (χ0n) is 6.79. The molecule has 1 aliphatic rings. The molecule has 1 heterocycles. The molecule has 0 radical (unpaired) electrons. The number of hydrogen-bond acceptors (Lipinski definition) is 4. The van der Waals surface area contributed by atoms with Crippen molar-refractivity contribution >= 4 is 23.8 Å². The fourth-order valence-corrected chi connectivity index (χ4v) is 0.799. The summed E-state index contributed by atoms with van der Waals surface area (Å²) in [5.41, 5.74) is 0. The summed E-state index contributed by atoms with van der Waals surface area (Å²) in [5.74, 6) is -2.53.